The highest BCUT2D eigenvalue weighted by Crippen LogP contribution is 2.33. The second kappa shape index (κ2) is 5.18. The van der Waals surface area contributed by atoms with Gasteiger partial charge in [-0.3, -0.25) is 0 Å². The van der Waals surface area contributed by atoms with Crippen LogP contribution in [0.3, 0.4) is 0 Å². The minimum absolute atomic E-state index is 0.0506. The van der Waals surface area contributed by atoms with Crippen LogP contribution in [0.5, 0.6) is 0 Å². The molecule has 0 spiro atoms. The molecule has 1 N–H and O–H groups in total. The molecule has 3 rings (SSSR count). The molecule has 0 saturated heterocycles. The first-order valence-corrected chi connectivity index (χ1v) is 7.30. The van der Waals surface area contributed by atoms with E-state index < -0.39 is 5.97 Å². The van der Waals surface area contributed by atoms with Gasteiger partial charge in [0.2, 0.25) is 5.89 Å². The van der Waals surface area contributed by atoms with Crippen LogP contribution in [0.2, 0.25) is 0 Å². The van der Waals surface area contributed by atoms with E-state index in [1.54, 1.807) is 0 Å². The number of oxazole rings is 1. The number of nitrogens with zero attached hydrogens (tertiary/aromatic N) is 1. The van der Waals surface area contributed by atoms with Crippen molar-refractivity contribution in [2.24, 2.45) is 0 Å². The predicted octanol–water partition coefficient (Wildman–Crippen LogP) is 4.39. The van der Waals surface area contributed by atoms with Crippen molar-refractivity contribution in [1.82, 2.24) is 4.98 Å². The first-order chi connectivity index (χ1) is 10.1. The van der Waals surface area contributed by atoms with E-state index in [-0.39, 0.29) is 5.69 Å². The van der Waals surface area contributed by atoms with Gasteiger partial charge >= 0.3 is 5.97 Å². The second-order valence-corrected chi connectivity index (χ2v) is 5.75. The maximum atomic E-state index is 11.4. The van der Waals surface area contributed by atoms with Gasteiger partial charge in [-0.2, -0.15) is 0 Å². The maximum absolute atomic E-state index is 11.4. The van der Waals surface area contributed by atoms with Crippen LogP contribution in [-0.2, 0) is 0 Å². The Kier molecular flexibility index (Phi) is 3.35. The molecule has 5 heteroatoms. The van der Waals surface area contributed by atoms with Crippen molar-refractivity contribution in [3.63, 3.8) is 0 Å². The van der Waals surface area contributed by atoms with Crippen molar-refractivity contribution in [2.45, 2.75) is 13.8 Å². The largest absolute Gasteiger partial charge is 0.476 e. The number of rotatable bonds is 3. The molecular weight excluding hydrogens is 286 g/mol. The summed E-state index contributed by atoms with van der Waals surface area (Å²) in [7, 11) is 0. The van der Waals surface area contributed by atoms with E-state index in [4.69, 9.17) is 4.42 Å². The van der Waals surface area contributed by atoms with E-state index in [1.165, 1.54) is 11.3 Å². The summed E-state index contributed by atoms with van der Waals surface area (Å²) in [6.45, 7) is 3.92. The van der Waals surface area contributed by atoms with Crippen molar-refractivity contribution < 1.29 is 14.3 Å². The quantitative estimate of drug-likeness (QED) is 0.779. The smallest absolute Gasteiger partial charge is 0.358 e. The number of aromatic nitrogens is 1. The minimum Gasteiger partial charge on any atom is -0.476 e. The Balaban J connectivity index is 2.19. The lowest BCUT2D eigenvalue weighted by atomic mass is 10.0. The molecule has 0 saturated carbocycles. The molecule has 0 amide bonds. The summed E-state index contributed by atoms with van der Waals surface area (Å²) in [6, 6.07) is 9.53. The van der Waals surface area contributed by atoms with E-state index in [0.29, 0.717) is 11.7 Å². The van der Waals surface area contributed by atoms with Crippen molar-refractivity contribution in [2.75, 3.05) is 0 Å². The molecule has 1 aromatic carbocycles. The van der Waals surface area contributed by atoms with Crippen LogP contribution in [0, 0.1) is 13.8 Å². The van der Waals surface area contributed by atoms with Gasteiger partial charge in [-0.15, -0.1) is 11.3 Å². The standard InChI is InChI=1S/C16H13NO3S/c1-9-5-6-11(10(2)8-9)14-13(16(18)19)17-15(20-14)12-4-3-7-21-12/h3-8H,1-2H3,(H,18,19). The number of aromatic carboxylic acids is 1. The van der Waals surface area contributed by atoms with Gasteiger partial charge in [0.25, 0.3) is 0 Å². The van der Waals surface area contributed by atoms with Gasteiger partial charge in [-0.05, 0) is 30.9 Å². The number of benzene rings is 1. The zero-order chi connectivity index (χ0) is 15.0. The van der Waals surface area contributed by atoms with Crippen LogP contribution in [0.1, 0.15) is 21.6 Å². The fourth-order valence-electron chi connectivity index (χ4n) is 2.22. The second-order valence-electron chi connectivity index (χ2n) is 4.80. The predicted molar refractivity (Wildman–Crippen MR) is 81.7 cm³/mol. The third-order valence-electron chi connectivity index (χ3n) is 3.19. The van der Waals surface area contributed by atoms with Crippen LogP contribution in [0.25, 0.3) is 22.1 Å². The van der Waals surface area contributed by atoms with Crippen molar-refractivity contribution >= 4 is 17.3 Å². The topological polar surface area (TPSA) is 63.3 Å². The number of carboxylic acids is 1. The lowest BCUT2D eigenvalue weighted by Gasteiger charge is -2.04. The van der Waals surface area contributed by atoms with Gasteiger partial charge in [0.15, 0.2) is 11.5 Å². The Morgan fingerprint density at radius 2 is 2.10 bits per heavy atom. The summed E-state index contributed by atoms with van der Waals surface area (Å²) in [5.74, 6) is -0.433. The average molecular weight is 299 g/mol. The third-order valence-corrected chi connectivity index (χ3v) is 4.05. The van der Waals surface area contributed by atoms with Gasteiger partial charge in [-0.1, -0.05) is 29.8 Å². The van der Waals surface area contributed by atoms with E-state index in [1.807, 2.05) is 49.6 Å². The van der Waals surface area contributed by atoms with Crippen LogP contribution in [0.4, 0.5) is 0 Å². The number of carboxylic acid groups (broad SMARTS) is 1. The molecule has 0 atom stereocenters. The Bertz CT molecular complexity index is 803. The molecule has 21 heavy (non-hydrogen) atoms. The summed E-state index contributed by atoms with van der Waals surface area (Å²) in [5, 5.41) is 11.3. The monoisotopic (exact) mass is 299 g/mol. The molecule has 4 nitrogen and oxygen atoms in total. The van der Waals surface area contributed by atoms with E-state index in [0.717, 1.165) is 21.6 Å². The molecule has 0 unspecified atom stereocenters. The molecule has 0 aliphatic carbocycles. The van der Waals surface area contributed by atoms with Crippen LogP contribution in [0.15, 0.2) is 40.1 Å². The normalized spacial score (nSPS) is 10.8. The van der Waals surface area contributed by atoms with Gasteiger partial charge < -0.3 is 9.52 Å². The Morgan fingerprint density at radius 3 is 2.71 bits per heavy atom. The number of aryl methyl sites for hydroxylation is 2. The Morgan fingerprint density at radius 1 is 1.29 bits per heavy atom. The van der Waals surface area contributed by atoms with E-state index in [2.05, 4.69) is 4.98 Å². The van der Waals surface area contributed by atoms with Gasteiger partial charge in [-0.25, -0.2) is 9.78 Å². The fraction of sp³-hybridized carbons (Fsp3) is 0.125. The SMILES string of the molecule is Cc1ccc(-c2oc(-c3cccs3)nc2C(=O)O)c(C)c1. The zero-order valence-electron chi connectivity index (χ0n) is 11.6. The highest BCUT2D eigenvalue weighted by atomic mass is 32.1. The van der Waals surface area contributed by atoms with Gasteiger partial charge in [0, 0.05) is 5.56 Å². The molecule has 0 radical (unpaired) electrons. The lowest BCUT2D eigenvalue weighted by molar-refractivity contribution is 0.0691. The average Bonchev–Trinajstić information content (AvgIpc) is 3.07. The molecule has 0 aliphatic heterocycles. The lowest BCUT2D eigenvalue weighted by Crippen LogP contribution is -1.99. The molecule has 2 aromatic heterocycles. The number of hydrogen-bond acceptors (Lipinski definition) is 4. The highest BCUT2D eigenvalue weighted by Gasteiger charge is 2.23. The molecule has 0 bridgehead atoms. The summed E-state index contributed by atoms with van der Waals surface area (Å²) in [5.41, 5.74) is 2.79. The molecule has 2 heterocycles. The number of hydrogen-bond donors (Lipinski definition) is 1. The first-order valence-electron chi connectivity index (χ1n) is 6.42. The first kappa shape index (κ1) is 13.6. The maximum Gasteiger partial charge on any atom is 0.358 e. The molecule has 106 valence electrons. The summed E-state index contributed by atoms with van der Waals surface area (Å²) in [6.07, 6.45) is 0. The molecule has 0 fully saturated rings. The van der Waals surface area contributed by atoms with Crippen molar-refractivity contribution in [3.8, 4) is 22.1 Å². The van der Waals surface area contributed by atoms with E-state index in [9.17, 15) is 9.90 Å². The van der Waals surface area contributed by atoms with E-state index >= 15 is 0 Å². The minimum atomic E-state index is -1.09. The van der Waals surface area contributed by atoms with Crippen molar-refractivity contribution in [3.05, 3.63) is 52.5 Å². The van der Waals surface area contributed by atoms with Crippen LogP contribution >= 0.6 is 11.3 Å². The summed E-state index contributed by atoms with van der Waals surface area (Å²) in [4.78, 5) is 16.4. The highest BCUT2D eigenvalue weighted by molar-refractivity contribution is 7.13. The zero-order valence-corrected chi connectivity index (χ0v) is 12.4. The molecule has 3 aromatic rings. The van der Waals surface area contributed by atoms with Gasteiger partial charge in [0.05, 0.1) is 4.88 Å². The summed E-state index contributed by atoms with van der Waals surface area (Å²) < 4.78 is 5.75. The van der Waals surface area contributed by atoms with Crippen LogP contribution < -0.4 is 0 Å². The van der Waals surface area contributed by atoms with Crippen molar-refractivity contribution in [1.29, 1.82) is 0 Å². The Hall–Kier alpha value is -2.40. The third kappa shape index (κ3) is 2.48. The number of thiophene rings is 1. The molecular formula is C16H13NO3S. The number of carbonyl (C=O) groups is 1. The summed E-state index contributed by atoms with van der Waals surface area (Å²) >= 11 is 1.46. The molecule has 0 aliphatic rings. The Labute approximate surface area is 125 Å². The van der Waals surface area contributed by atoms with Crippen LogP contribution in [-0.4, -0.2) is 16.1 Å². The fourth-order valence-corrected chi connectivity index (χ4v) is 2.87. The van der Waals surface area contributed by atoms with Gasteiger partial charge in [0.1, 0.15) is 0 Å².